The lowest BCUT2D eigenvalue weighted by Crippen LogP contribution is -2.51. The molecule has 0 aromatic heterocycles. The van der Waals surface area contributed by atoms with Crippen LogP contribution >= 0.6 is 0 Å². The van der Waals surface area contributed by atoms with Crippen LogP contribution < -0.4 is 4.72 Å². The highest BCUT2D eigenvalue weighted by Gasteiger charge is 2.35. The van der Waals surface area contributed by atoms with Crippen LogP contribution in [0, 0.1) is 5.82 Å². The van der Waals surface area contributed by atoms with E-state index in [0.29, 0.717) is 25.9 Å². The Labute approximate surface area is 187 Å². The van der Waals surface area contributed by atoms with Gasteiger partial charge in [-0.2, -0.15) is 0 Å². The zero-order valence-electron chi connectivity index (χ0n) is 17.6. The van der Waals surface area contributed by atoms with E-state index in [2.05, 4.69) is 10.8 Å². The van der Waals surface area contributed by atoms with Crippen molar-refractivity contribution in [1.29, 1.82) is 0 Å². The fourth-order valence-electron chi connectivity index (χ4n) is 4.33. The topological polar surface area (TPSA) is 95.9 Å². The SMILES string of the molecule is O=C(C[C@@H]1CC[C@H](NS(=O)(=O)c2ccc(F)cc2)[C@H](CO)O1)N1CCc2ccccc2C1. The number of sulfonamides is 1. The molecule has 0 saturated carbocycles. The quantitative estimate of drug-likeness (QED) is 0.685. The Hall–Kier alpha value is -2.33. The van der Waals surface area contributed by atoms with Gasteiger partial charge in [-0.05, 0) is 54.7 Å². The molecule has 0 unspecified atom stereocenters. The van der Waals surface area contributed by atoms with Crippen molar-refractivity contribution in [2.45, 2.75) is 55.4 Å². The fourth-order valence-corrected chi connectivity index (χ4v) is 5.63. The van der Waals surface area contributed by atoms with Crippen molar-refractivity contribution in [3.63, 3.8) is 0 Å². The van der Waals surface area contributed by atoms with Crippen LogP contribution in [-0.4, -0.2) is 55.7 Å². The van der Waals surface area contributed by atoms with Crippen LogP contribution in [0.2, 0.25) is 0 Å². The number of carbonyl (C=O) groups is 1. The Kier molecular flexibility index (Phi) is 6.90. The lowest BCUT2D eigenvalue weighted by atomic mass is 9.96. The van der Waals surface area contributed by atoms with Gasteiger partial charge in [-0.25, -0.2) is 17.5 Å². The van der Waals surface area contributed by atoms with Crippen molar-refractivity contribution < 1.29 is 27.4 Å². The molecule has 2 aromatic rings. The molecule has 0 spiro atoms. The van der Waals surface area contributed by atoms with Crippen LogP contribution in [0.3, 0.4) is 0 Å². The molecular formula is C23H27FN2O5S. The molecule has 4 rings (SSSR count). The number of aliphatic hydroxyl groups is 1. The summed E-state index contributed by atoms with van der Waals surface area (Å²) in [5.74, 6) is -0.533. The molecule has 3 atom stereocenters. The molecule has 0 radical (unpaired) electrons. The first-order chi connectivity index (χ1) is 15.4. The van der Waals surface area contributed by atoms with E-state index in [1.54, 1.807) is 0 Å². The first kappa shape index (κ1) is 22.8. The van der Waals surface area contributed by atoms with Gasteiger partial charge in [0.05, 0.1) is 36.2 Å². The number of hydrogen-bond donors (Lipinski definition) is 2. The Morgan fingerprint density at radius 2 is 1.84 bits per heavy atom. The zero-order valence-corrected chi connectivity index (χ0v) is 18.4. The van der Waals surface area contributed by atoms with Crippen molar-refractivity contribution in [3.8, 4) is 0 Å². The van der Waals surface area contributed by atoms with Gasteiger partial charge in [0.2, 0.25) is 15.9 Å². The average molecular weight is 463 g/mol. The third kappa shape index (κ3) is 5.17. The van der Waals surface area contributed by atoms with Gasteiger partial charge in [0.15, 0.2) is 0 Å². The predicted octanol–water partition coefficient (Wildman–Crippen LogP) is 1.99. The number of nitrogens with zero attached hydrogens (tertiary/aromatic N) is 1. The number of rotatable bonds is 6. The lowest BCUT2D eigenvalue weighted by Gasteiger charge is -2.37. The summed E-state index contributed by atoms with van der Waals surface area (Å²) < 4.78 is 46.8. The summed E-state index contributed by atoms with van der Waals surface area (Å²) in [4.78, 5) is 14.6. The van der Waals surface area contributed by atoms with Gasteiger partial charge in [0, 0.05) is 13.1 Å². The van der Waals surface area contributed by atoms with Gasteiger partial charge in [-0.1, -0.05) is 24.3 Å². The number of carbonyl (C=O) groups excluding carboxylic acids is 1. The largest absolute Gasteiger partial charge is 0.394 e. The van der Waals surface area contributed by atoms with Crippen molar-refractivity contribution >= 4 is 15.9 Å². The molecule has 2 aromatic carbocycles. The number of halogens is 1. The second-order valence-corrected chi connectivity index (χ2v) is 9.99. The Morgan fingerprint density at radius 3 is 2.56 bits per heavy atom. The van der Waals surface area contributed by atoms with Crippen molar-refractivity contribution in [2.75, 3.05) is 13.2 Å². The lowest BCUT2D eigenvalue weighted by molar-refractivity contribution is -0.140. The second-order valence-electron chi connectivity index (χ2n) is 8.28. The average Bonchev–Trinajstić information content (AvgIpc) is 2.79. The first-order valence-electron chi connectivity index (χ1n) is 10.7. The standard InChI is InChI=1S/C23H27FN2O5S/c24-18-5-8-20(9-6-18)32(29,30)25-21-10-7-19(31-22(21)15-27)13-23(28)26-12-11-16-3-1-2-4-17(16)14-26/h1-6,8-9,19,21-22,25,27H,7,10-15H2/t19-,21-,22-/m0/s1. The molecule has 0 aliphatic carbocycles. The predicted molar refractivity (Wildman–Crippen MR) is 116 cm³/mol. The molecule has 2 N–H and O–H groups in total. The molecule has 172 valence electrons. The van der Waals surface area contributed by atoms with E-state index >= 15 is 0 Å². The van der Waals surface area contributed by atoms with Crippen LogP contribution in [-0.2, 0) is 32.5 Å². The van der Waals surface area contributed by atoms with Crippen LogP contribution in [0.25, 0.3) is 0 Å². The highest BCUT2D eigenvalue weighted by Crippen LogP contribution is 2.26. The molecule has 1 saturated heterocycles. The van der Waals surface area contributed by atoms with Crippen molar-refractivity contribution in [1.82, 2.24) is 9.62 Å². The number of hydrogen-bond acceptors (Lipinski definition) is 5. The maximum atomic E-state index is 13.1. The van der Waals surface area contributed by atoms with Gasteiger partial charge in [0.25, 0.3) is 0 Å². The van der Waals surface area contributed by atoms with Gasteiger partial charge in [-0.3, -0.25) is 4.79 Å². The number of amides is 1. The van der Waals surface area contributed by atoms with E-state index in [1.807, 2.05) is 23.1 Å². The normalized spacial score (nSPS) is 23.6. The van der Waals surface area contributed by atoms with Gasteiger partial charge < -0.3 is 14.7 Å². The summed E-state index contributed by atoms with van der Waals surface area (Å²) in [6, 6.07) is 12.0. The molecule has 1 fully saturated rings. The molecule has 32 heavy (non-hydrogen) atoms. The minimum atomic E-state index is -3.89. The monoisotopic (exact) mass is 462 g/mol. The second kappa shape index (κ2) is 9.66. The summed E-state index contributed by atoms with van der Waals surface area (Å²) in [6.07, 6.45) is 0.772. The minimum absolute atomic E-state index is 0.00784. The minimum Gasteiger partial charge on any atom is -0.394 e. The summed E-state index contributed by atoms with van der Waals surface area (Å²) in [6.45, 7) is 0.857. The number of nitrogens with one attached hydrogen (secondary N) is 1. The van der Waals surface area contributed by atoms with Crippen LogP contribution in [0.5, 0.6) is 0 Å². The third-order valence-electron chi connectivity index (χ3n) is 6.11. The Balaban J connectivity index is 1.34. The molecule has 2 aliphatic heterocycles. The molecule has 7 nitrogen and oxygen atoms in total. The van der Waals surface area contributed by atoms with E-state index < -0.39 is 28.0 Å². The van der Waals surface area contributed by atoms with Crippen LogP contribution in [0.15, 0.2) is 53.4 Å². The Morgan fingerprint density at radius 1 is 1.12 bits per heavy atom. The molecule has 0 bridgehead atoms. The number of ether oxygens (including phenoxy) is 1. The van der Waals surface area contributed by atoms with Gasteiger partial charge in [-0.15, -0.1) is 0 Å². The highest BCUT2D eigenvalue weighted by atomic mass is 32.2. The molecule has 9 heteroatoms. The summed E-state index contributed by atoms with van der Waals surface area (Å²) in [5, 5.41) is 9.77. The number of benzene rings is 2. The van der Waals surface area contributed by atoms with Crippen molar-refractivity contribution in [3.05, 3.63) is 65.5 Å². The Bertz CT molecular complexity index is 1060. The number of aliphatic hydroxyl groups excluding tert-OH is 1. The van der Waals surface area contributed by atoms with E-state index in [4.69, 9.17) is 4.74 Å². The number of fused-ring (bicyclic) bond motifs is 1. The highest BCUT2D eigenvalue weighted by molar-refractivity contribution is 7.89. The molecular weight excluding hydrogens is 435 g/mol. The van der Waals surface area contributed by atoms with Crippen LogP contribution in [0.4, 0.5) is 4.39 Å². The maximum Gasteiger partial charge on any atom is 0.240 e. The fraction of sp³-hybridized carbons (Fsp3) is 0.435. The zero-order chi connectivity index (χ0) is 22.7. The van der Waals surface area contributed by atoms with Gasteiger partial charge >= 0.3 is 0 Å². The maximum absolute atomic E-state index is 13.1. The van der Waals surface area contributed by atoms with E-state index in [9.17, 15) is 22.7 Å². The summed E-state index contributed by atoms with van der Waals surface area (Å²) in [7, 11) is -3.89. The summed E-state index contributed by atoms with van der Waals surface area (Å²) in [5.41, 5.74) is 2.42. The third-order valence-corrected chi connectivity index (χ3v) is 7.62. The van der Waals surface area contributed by atoms with E-state index in [1.165, 1.54) is 17.7 Å². The van der Waals surface area contributed by atoms with E-state index in [-0.39, 0.29) is 29.9 Å². The first-order valence-corrected chi connectivity index (χ1v) is 12.2. The van der Waals surface area contributed by atoms with Gasteiger partial charge in [0.1, 0.15) is 5.82 Å². The van der Waals surface area contributed by atoms with E-state index in [0.717, 1.165) is 24.1 Å². The smallest absolute Gasteiger partial charge is 0.240 e. The molecule has 2 heterocycles. The van der Waals surface area contributed by atoms with Crippen LogP contribution in [0.1, 0.15) is 30.4 Å². The molecule has 2 aliphatic rings. The summed E-state index contributed by atoms with van der Waals surface area (Å²) >= 11 is 0. The molecule has 1 amide bonds. The van der Waals surface area contributed by atoms with Crippen molar-refractivity contribution in [2.24, 2.45) is 0 Å².